The highest BCUT2D eigenvalue weighted by Crippen LogP contribution is 2.24. The molecule has 0 bridgehead atoms. The second-order valence-electron chi connectivity index (χ2n) is 7.48. The Hall–Kier alpha value is -2.93. The van der Waals surface area contributed by atoms with Crippen molar-refractivity contribution in [3.8, 4) is 0 Å². The molecule has 5 N–H and O–H groups in total. The fourth-order valence-electron chi connectivity index (χ4n) is 3.29. The second-order valence-corrected chi connectivity index (χ2v) is 9.71. The smallest absolute Gasteiger partial charge is 0.479 e. The molecule has 33 heavy (non-hydrogen) atoms. The molecule has 16 nitrogen and oxygen atoms in total. The molecule has 0 aromatic carbocycles. The van der Waals surface area contributed by atoms with Crippen molar-refractivity contribution in [2.45, 2.75) is 43.8 Å². The SMILES string of the molecule is Cn1c(=O)c2c(ncn2CC(=O)O[Si](C)(O)OC2O[C@H](C(=O)O)[C@@H](O)[C@H](O)[C@@H]2O)n(C)c1=O. The molecule has 6 atom stereocenters. The summed E-state index contributed by atoms with van der Waals surface area (Å²) in [4.78, 5) is 62.3. The van der Waals surface area contributed by atoms with Gasteiger partial charge in [0.15, 0.2) is 23.6 Å². The monoisotopic (exact) mass is 490 g/mol. The maximum absolute atomic E-state index is 12.4. The van der Waals surface area contributed by atoms with Crippen LogP contribution in [0.1, 0.15) is 0 Å². The van der Waals surface area contributed by atoms with Crippen molar-refractivity contribution in [3.05, 3.63) is 27.2 Å². The summed E-state index contributed by atoms with van der Waals surface area (Å²) in [7, 11) is -1.82. The summed E-state index contributed by atoms with van der Waals surface area (Å²) in [5, 5.41) is 38.5. The van der Waals surface area contributed by atoms with Crippen LogP contribution in [0.15, 0.2) is 15.9 Å². The first kappa shape index (κ1) is 24.7. The topological polar surface area (TPSA) is 225 Å². The van der Waals surface area contributed by atoms with Gasteiger partial charge >= 0.3 is 26.4 Å². The van der Waals surface area contributed by atoms with Crippen LogP contribution in [0.2, 0.25) is 6.55 Å². The van der Waals surface area contributed by atoms with Crippen molar-refractivity contribution >= 4 is 31.9 Å². The van der Waals surface area contributed by atoms with E-state index in [0.717, 1.165) is 26.6 Å². The van der Waals surface area contributed by atoms with E-state index in [2.05, 4.69) is 4.98 Å². The van der Waals surface area contributed by atoms with Crippen molar-refractivity contribution in [3.63, 3.8) is 0 Å². The van der Waals surface area contributed by atoms with Gasteiger partial charge in [0.2, 0.25) is 0 Å². The number of rotatable bonds is 6. The summed E-state index contributed by atoms with van der Waals surface area (Å²) >= 11 is 0. The average molecular weight is 490 g/mol. The van der Waals surface area contributed by atoms with Gasteiger partial charge in [-0.15, -0.1) is 0 Å². The third-order valence-electron chi connectivity index (χ3n) is 4.97. The fourth-order valence-corrected chi connectivity index (χ4v) is 4.45. The Labute approximate surface area is 184 Å². The predicted octanol–water partition coefficient (Wildman–Crippen LogP) is -4.55. The number of hydrogen-bond donors (Lipinski definition) is 5. The van der Waals surface area contributed by atoms with Crippen molar-refractivity contribution in [2.24, 2.45) is 14.1 Å². The predicted molar refractivity (Wildman–Crippen MR) is 106 cm³/mol. The summed E-state index contributed by atoms with van der Waals surface area (Å²) in [5.41, 5.74) is -1.40. The van der Waals surface area contributed by atoms with Crippen LogP contribution in [0.5, 0.6) is 0 Å². The minimum absolute atomic E-state index is 0.0159. The number of hydrogen-bond acceptors (Lipinski definition) is 12. The Kier molecular flexibility index (Phi) is 6.57. The molecule has 3 heterocycles. The normalized spacial score (nSPS) is 27.3. The van der Waals surface area contributed by atoms with Gasteiger partial charge in [0.05, 0.1) is 6.33 Å². The number of carbonyl (C=O) groups is 2. The molecule has 2 aromatic rings. The number of carbonyl (C=O) groups excluding carboxylic acids is 1. The Balaban J connectivity index is 1.76. The van der Waals surface area contributed by atoms with Crippen LogP contribution >= 0.6 is 0 Å². The lowest BCUT2D eigenvalue weighted by Gasteiger charge is -2.40. The number of aliphatic hydroxyl groups is 3. The number of ether oxygens (including phenoxy) is 1. The average Bonchev–Trinajstić information content (AvgIpc) is 3.13. The highest BCUT2D eigenvalue weighted by Gasteiger charge is 2.51. The minimum Gasteiger partial charge on any atom is -0.479 e. The van der Waals surface area contributed by atoms with Gasteiger partial charge in [0.1, 0.15) is 24.9 Å². The molecule has 0 spiro atoms. The van der Waals surface area contributed by atoms with E-state index >= 15 is 0 Å². The van der Waals surface area contributed by atoms with E-state index in [0.29, 0.717) is 0 Å². The molecule has 0 radical (unpaired) electrons. The van der Waals surface area contributed by atoms with Gasteiger partial charge in [-0.25, -0.2) is 14.6 Å². The Morgan fingerprint density at radius 3 is 2.39 bits per heavy atom. The van der Waals surface area contributed by atoms with E-state index in [1.54, 1.807) is 0 Å². The quantitative estimate of drug-likeness (QED) is 0.241. The zero-order valence-electron chi connectivity index (χ0n) is 17.6. The minimum atomic E-state index is -4.45. The number of nitrogens with zero attached hydrogens (tertiary/aromatic N) is 4. The number of carboxylic acid groups (broad SMARTS) is 1. The number of aryl methyl sites for hydroxylation is 1. The van der Waals surface area contributed by atoms with Crippen LogP contribution < -0.4 is 11.2 Å². The first-order valence-corrected chi connectivity index (χ1v) is 11.7. The first-order valence-electron chi connectivity index (χ1n) is 9.40. The lowest BCUT2D eigenvalue weighted by molar-refractivity contribution is -0.279. The zero-order valence-corrected chi connectivity index (χ0v) is 18.6. The molecular weight excluding hydrogens is 468 g/mol. The zero-order chi connectivity index (χ0) is 24.8. The van der Waals surface area contributed by atoms with Crippen LogP contribution in [-0.2, 0) is 43.8 Å². The molecule has 1 aliphatic heterocycles. The summed E-state index contributed by atoms with van der Waals surface area (Å²) in [5.74, 6) is -2.76. The van der Waals surface area contributed by atoms with Gasteiger partial charge in [0, 0.05) is 20.6 Å². The highest BCUT2D eigenvalue weighted by atomic mass is 28.4. The van der Waals surface area contributed by atoms with Crippen molar-refractivity contribution < 1.29 is 48.4 Å². The fraction of sp³-hybridized carbons (Fsp3) is 0.562. The molecule has 17 heteroatoms. The molecule has 0 amide bonds. The van der Waals surface area contributed by atoms with E-state index in [1.165, 1.54) is 14.1 Å². The number of aliphatic hydroxyl groups excluding tert-OH is 3. The van der Waals surface area contributed by atoms with Crippen LogP contribution in [0.3, 0.4) is 0 Å². The highest BCUT2D eigenvalue weighted by molar-refractivity contribution is 6.59. The van der Waals surface area contributed by atoms with E-state index in [-0.39, 0.29) is 11.2 Å². The number of carboxylic acids is 1. The van der Waals surface area contributed by atoms with Crippen molar-refractivity contribution in [1.82, 2.24) is 18.7 Å². The number of fused-ring (bicyclic) bond motifs is 1. The molecular formula is C16H22N4O12Si. The van der Waals surface area contributed by atoms with Crippen molar-refractivity contribution in [2.75, 3.05) is 0 Å². The standard InChI is InChI=1S/C16H22N4O12Si/c1-18-12-7(13(25)19(2)16(18)28)20(5-17-12)4-6(21)31-33(3,29)32-15-10(24)8(22)9(23)11(30-15)14(26)27/h5,8-11,15,22-24,29H,4H2,1-3H3,(H,26,27)/t8-,9-,10-,11-,15?,33?/m0/s1. The van der Waals surface area contributed by atoms with Gasteiger partial charge in [-0.05, 0) is 0 Å². The first-order chi connectivity index (χ1) is 15.2. The van der Waals surface area contributed by atoms with Gasteiger partial charge in [0.25, 0.3) is 5.56 Å². The molecule has 0 saturated carbocycles. The molecule has 1 fully saturated rings. The molecule has 1 saturated heterocycles. The van der Waals surface area contributed by atoms with Gasteiger partial charge in [-0.2, -0.15) is 0 Å². The van der Waals surface area contributed by atoms with E-state index < -0.39 is 69.2 Å². The molecule has 0 aliphatic carbocycles. The van der Waals surface area contributed by atoms with Gasteiger partial charge in [-0.3, -0.25) is 18.7 Å². The molecule has 2 unspecified atom stereocenters. The van der Waals surface area contributed by atoms with Gasteiger partial charge in [-0.1, -0.05) is 0 Å². The number of aromatic nitrogens is 4. The summed E-state index contributed by atoms with van der Waals surface area (Å²) in [6, 6.07) is 0. The summed E-state index contributed by atoms with van der Waals surface area (Å²) < 4.78 is 17.9. The Bertz CT molecular complexity index is 1200. The lowest BCUT2D eigenvalue weighted by atomic mass is 9.99. The van der Waals surface area contributed by atoms with E-state index in [1.807, 2.05) is 0 Å². The second kappa shape index (κ2) is 8.78. The van der Waals surface area contributed by atoms with E-state index in [4.69, 9.17) is 18.7 Å². The lowest BCUT2D eigenvalue weighted by Crippen LogP contribution is -2.62. The van der Waals surface area contributed by atoms with Crippen LogP contribution in [-0.4, -0.2) is 95.4 Å². The largest absolute Gasteiger partial charge is 0.564 e. The molecule has 3 rings (SSSR count). The van der Waals surface area contributed by atoms with Crippen molar-refractivity contribution in [1.29, 1.82) is 0 Å². The third kappa shape index (κ3) is 4.60. The van der Waals surface area contributed by atoms with Crippen LogP contribution in [0, 0.1) is 0 Å². The summed E-state index contributed by atoms with van der Waals surface area (Å²) in [6.45, 7) is 0.340. The van der Waals surface area contributed by atoms with Crippen LogP contribution in [0.4, 0.5) is 0 Å². The molecule has 182 valence electrons. The molecule has 2 aromatic heterocycles. The maximum atomic E-state index is 12.4. The van der Waals surface area contributed by atoms with E-state index in [9.17, 15) is 39.3 Å². The Morgan fingerprint density at radius 1 is 1.15 bits per heavy atom. The number of aliphatic carboxylic acids is 1. The number of imidazole rings is 1. The maximum Gasteiger partial charge on any atom is 0.564 e. The summed E-state index contributed by atoms with van der Waals surface area (Å²) in [6.07, 6.45) is -8.71. The third-order valence-corrected chi connectivity index (χ3v) is 6.24. The Morgan fingerprint density at radius 2 is 1.79 bits per heavy atom. The van der Waals surface area contributed by atoms with Gasteiger partial charge < -0.3 is 43.4 Å². The van der Waals surface area contributed by atoms with Crippen LogP contribution in [0.25, 0.3) is 11.2 Å². The molecule has 1 aliphatic rings.